The van der Waals surface area contributed by atoms with Gasteiger partial charge in [0.25, 0.3) is 0 Å². The minimum Gasteiger partial charge on any atom is -0.487 e. The molecule has 0 aromatic heterocycles. The molecule has 0 radical (unpaired) electrons. The van der Waals surface area contributed by atoms with Crippen LogP contribution in [0.25, 0.3) is 0 Å². The number of sulfonamides is 1. The molecule has 1 saturated heterocycles. The van der Waals surface area contributed by atoms with Crippen LogP contribution in [0.15, 0.2) is 53.4 Å². The number of carbonyl (C=O) groups is 2. The lowest BCUT2D eigenvalue weighted by Crippen LogP contribution is -2.48. The van der Waals surface area contributed by atoms with E-state index in [1.165, 1.54) is 49.4 Å². The fraction of sp³-hybridized carbons (Fsp3) is 0.364. The number of ketones is 1. The molecule has 3 rings (SSSR count). The molecule has 0 spiro atoms. The van der Waals surface area contributed by atoms with Crippen LogP contribution in [0.5, 0.6) is 5.75 Å². The highest BCUT2D eigenvalue weighted by Gasteiger charge is 2.38. The molecule has 0 bridgehead atoms. The van der Waals surface area contributed by atoms with E-state index in [-0.39, 0.29) is 36.2 Å². The van der Waals surface area contributed by atoms with Crippen LogP contribution in [0.2, 0.25) is 0 Å². The van der Waals surface area contributed by atoms with Gasteiger partial charge in [-0.25, -0.2) is 12.8 Å². The van der Waals surface area contributed by atoms with E-state index < -0.39 is 27.9 Å². The summed E-state index contributed by atoms with van der Waals surface area (Å²) in [6.07, 6.45) is 1.67. The van der Waals surface area contributed by atoms with Crippen molar-refractivity contribution in [2.24, 2.45) is 0 Å². The zero-order valence-corrected chi connectivity index (χ0v) is 17.9. The van der Waals surface area contributed by atoms with Gasteiger partial charge in [0.15, 0.2) is 17.3 Å². The van der Waals surface area contributed by atoms with Crippen LogP contribution in [0.1, 0.15) is 36.5 Å². The molecular weight excluding hydrogens is 425 g/mol. The van der Waals surface area contributed by atoms with Crippen molar-refractivity contribution in [3.05, 3.63) is 59.9 Å². The topological polar surface area (TPSA) is 90.0 Å². The second-order valence-corrected chi connectivity index (χ2v) is 9.04. The molecule has 0 amide bonds. The summed E-state index contributed by atoms with van der Waals surface area (Å²) < 4.78 is 51.4. The van der Waals surface area contributed by atoms with Crippen LogP contribution < -0.4 is 4.74 Å². The van der Waals surface area contributed by atoms with Crippen LogP contribution in [0.3, 0.4) is 0 Å². The number of carbonyl (C=O) groups excluding carboxylic acids is 2. The Balaban J connectivity index is 1.64. The third kappa shape index (κ3) is 5.48. The molecule has 1 atom stereocenters. The van der Waals surface area contributed by atoms with Crippen molar-refractivity contribution in [2.45, 2.75) is 37.1 Å². The first-order chi connectivity index (χ1) is 14.8. The molecule has 166 valence electrons. The molecule has 9 heteroatoms. The number of hydrogen-bond donors (Lipinski definition) is 0. The fourth-order valence-electron chi connectivity index (χ4n) is 3.38. The van der Waals surface area contributed by atoms with Crippen LogP contribution in [-0.4, -0.2) is 50.3 Å². The number of para-hydroxylation sites is 1. The lowest BCUT2D eigenvalue weighted by atomic mass is 10.1. The van der Waals surface area contributed by atoms with Gasteiger partial charge in [0, 0.05) is 12.1 Å². The van der Waals surface area contributed by atoms with Crippen molar-refractivity contribution in [1.29, 1.82) is 0 Å². The largest absolute Gasteiger partial charge is 0.487 e. The Hall–Kier alpha value is -2.78. The van der Waals surface area contributed by atoms with Gasteiger partial charge in [0.05, 0.1) is 4.90 Å². The first-order valence-electron chi connectivity index (χ1n) is 9.97. The SMILES string of the molecule is CC(=O)c1ccc(S(=O)(=O)N2CCCCC2C(=O)OCCOc2ccccc2F)cc1. The molecule has 7 nitrogen and oxygen atoms in total. The van der Waals surface area contributed by atoms with E-state index in [9.17, 15) is 22.4 Å². The van der Waals surface area contributed by atoms with Crippen molar-refractivity contribution in [2.75, 3.05) is 19.8 Å². The van der Waals surface area contributed by atoms with Crippen LogP contribution >= 0.6 is 0 Å². The third-order valence-corrected chi connectivity index (χ3v) is 6.94. The van der Waals surface area contributed by atoms with Gasteiger partial charge in [-0.3, -0.25) is 9.59 Å². The van der Waals surface area contributed by atoms with Crippen molar-refractivity contribution in [1.82, 2.24) is 4.31 Å². The van der Waals surface area contributed by atoms with Crippen LogP contribution in [0, 0.1) is 5.82 Å². The van der Waals surface area contributed by atoms with E-state index in [1.54, 1.807) is 6.07 Å². The zero-order chi connectivity index (χ0) is 22.4. The van der Waals surface area contributed by atoms with Gasteiger partial charge in [-0.2, -0.15) is 4.31 Å². The van der Waals surface area contributed by atoms with Gasteiger partial charge < -0.3 is 9.47 Å². The standard InChI is InChI=1S/C22H24FNO6S/c1-16(25)17-9-11-18(12-10-17)31(27,28)24-13-5-4-7-20(24)22(26)30-15-14-29-21-8-3-2-6-19(21)23/h2-3,6,8-12,20H,4-5,7,13-15H2,1H3. The summed E-state index contributed by atoms with van der Waals surface area (Å²) in [7, 11) is -3.94. The van der Waals surface area contributed by atoms with Crippen LogP contribution in [-0.2, 0) is 19.6 Å². The molecule has 2 aromatic carbocycles. The van der Waals surface area contributed by atoms with Gasteiger partial charge in [-0.15, -0.1) is 0 Å². The first kappa shape index (κ1) is 22.9. The number of ether oxygens (including phenoxy) is 2. The van der Waals surface area contributed by atoms with Crippen molar-refractivity contribution >= 4 is 21.8 Å². The highest BCUT2D eigenvalue weighted by molar-refractivity contribution is 7.89. The monoisotopic (exact) mass is 449 g/mol. The number of halogens is 1. The molecule has 2 aromatic rings. The van der Waals surface area contributed by atoms with Crippen molar-refractivity contribution in [3.8, 4) is 5.75 Å². The maximum Gasteiger partial charge on any atom is 0.324 e. The van der Waals surface area contributed by atoms with Gasteiger partial charge in [-0.05, 0) is 50.5 Å². The van der Waals surface area contributed by atoms with E-state index >= 15 is 0 Å². The number of rotatable bonds is 8. The molecular formula is C22H24FNO6S. The lowest BCUT2D eigenvalue weighted by molar-refractivity contribution is -0.149. The number of nitrogens with zero attached hydrogens (tertiary/aromatic N) is 1. The Morgan fingerprint density at radius 2 is 1.77 bits per heavy atom. The number of hydrogen-bond acceptors (Lipinski definition) is 6. The van der Waals surface area contributed by atoms with Gasteiger partial charge in [-0.1, -0.05) is 24.3 Å². The summed E-state index contributed by atoms with van der Waals surface area (Å²) in [6.45, 7) is 1.40. The minimum absolute atomic E-state index is 0.0140. The number of esters is 1. The Morgan fingerprint density at radius 1 is 1.06 bits per heavy atom. The molecule has 1 aliphatic heterocycles. The van der Waals surface area contributed by atoms with Crippen LogP contribution in [0.4, 0.5) is 4.39 Å². The van der Waals surface area contributed by atoms with Gasteiger partial charge in [0.1, 0.15) is 19.3 Å². The zero-order valence-electron chi connectivity index (χ0n) is 17.1. The van der Waals surface area contributed by atoms with Gasteiger partial charge in [0.2, 0.25) is 10.0 Å². The Labute approximate surface area is 180 Å². The molecule has 1 aliphatic rings. The number of piperidine rings is 1. The summed E-state index contributed by atoms with van der Waals surface area (Å²) in [6, 6.07) is 10.6. The molecule has 0 saturated carbocycles. The molecule has 1 fully saturated rings. The summed E-state index contributed by atoms with van der Waals surface area (Å²) in [5.41, 5.74) is 0.406. The van der Waals surface area contributed by atoms with E-state index in [2.05, 4.69) is 0 Å². The predicted molar refractivity (Wildman–Crippen MR) is 111 cm³/mol. The van der Waals surface area contributed by atoms with E-state index in [4.69, 9.17) is 9.47 Å². The maximum absolute atomic E-state index is 13.6. The highest BCUT2D eigenvalue weighted by atomic mass is 32.2. The average Bonchev–Trinajstić information content (AvgIpc) is 2.77. The maximum atomic E-state index is 13.6. The van der Waals surface area contributed by atoms with E-state index in [0.717, 1.165) is 4.31 Å². The molecule has 0 aliphatic carbocycles. The Bertz CT molecular complexity index is 1040. The van der Waals surface area contributed by atoms with E-state index in [0.29, 0.717) is 24.8 Å². The summed E-state index contributed by atoms with van der Waals surface area (Å²) >= 11 is 0. The highest BCUT2D eigenvalue weighted by Crippen LogP contribution is 2.26. The quantitative estimate of drug-likeness (QED) is 0.349. The van der Waals surface area contributed by atoms with Gasteiger partial charge >= 0.3 is 5.97 Å². The Morgan fingerprint density at radius 3 is 2.45 bits per heavy atom. The summed E-state index contributed by atoms with van der Waals surface area (Å²) in [5, 5.41) is 0. The normalized spacial score (nSPS) is 17.2. The second-order valence-electron chi connectivity index (χ2n) is 7.15. The fourth-order valence-corrected chi connectivity index (χ4v) is 5.02. The first-order valence-corrected chi connectivity index (χ1v) is 11.4. The Kier molecular flexibility index (Phi) is 7.40. The molecule has 1 heterocycles. The van der Waals surface area contributed by atoms with Crippen molar-refractivity contribution in [3.63, 3.8) is 0 Å². The molecule has 31 heavy (non-hydrogen) atoms. The lowest BCUT2D eigenvalue weighted by Gasteiger charge is -2.33. The third-order valence-electron chi connectivity index (χ3n) is 5.02. The number of benzene rings is 2. The minimum atomic E-state index is -3.94. The summed E-state index contributed by atoms with van der Waals surface area (Å²) in [5.74, 6) is -1.30. The second kappa shape index (κ2) is 10.0. The smallest absolute Gasteiger partial charge is 0.324 e. The molecule has 0 N–H and O–H groups in total. The summed E-state index contributed by atoms with van der Waals surface area (Å²) in [4.78, 5) is 24.1. The van der Waals surface area contributed by atoms with Crippen molar-refractivity contribution < 1.29 is 31.9 Å². The predicted octanol–water partition coefficient (Wildman–Crippen LogP) is 3.19. The van der Waals surface area contributed by atoms with E-state index in [1.807, 2.05) is 0 Å². The average molecular weight is 450 g/mol. The molecule has 1 unspecified atom stereocenters. The number of Topliss-reactive ketones (excluding diaryl/α,β-unsaturated/α-hetero) is 1.